The maximum absolute atomic E-state index is 12.7. The van der Waals surface area contributed by atoms with E-state index in [1.54, 1.807) is 24.3 Å². The number of alkyl halides is 3. The molecule has 0 saturated carbocycles. The van der Waals surface area contributed by atoms with Crippen molar-refractivity contribution in [2.75, 3.05) is 0 Å². The SMILES string of the molecule is Cc1nc(C(F)(F)F)ccc1C(=O)NCc1cc(-c2ccc(Cl)cc2Cl)no1. The van der Waals surface area contributed by atoms with Gasteiger partial charge in [0, 0.05) is 16.7 Å². The summed E-state index contributed by atoms with van der Waals surface area (Å²) >= 11 is 12.0. The molecule has 0 fully saturated rings. The fourth-order valence-corrected chi connectivity index (χ4v) is 2.95. The number of halogens is 5. The Morgan fingerprint density at radius 3 is 2.57 bits per heavy atom. The Hall–Kier alpha value is -2.58. The summed E-state index contributed by atoms with van der Waals surface area (Å²) in [5, 5.41) is 7.32. The number of amides is 1. The molecule has 2 heterocycles. The van der Waals surface area contributed by atoms with Crippen LogP contribution in [0.1, 0.15) is 27.5 Å². The van der Waals surface area contributed by atoms with Crippen molar-refractivity contribution in [3.63, 3.8) is 0 Å². The zero-order valence-corrected chi connectivity index (χ0v) is 15.8. The Balaban J connectivity index is 1.69. The largest absolute Gasteiger partial charge is 0.433 e. The summed E-state index contributed by atoms with van der Waals surface area (Å²) in [6.07, 6.45) is -4.57. The van der Waals surface area contributed by atoms with Gasteiger partial charge in [-0.15, -0.1) is 0 Å². The van der Waals surface area contributed by atoms with E-state index in [2.05, 4.69) is 15.5 Å². The predicted molar refractivity (Wildman–Crippen MR) is 97.1 cm³/mol. The molecular weight excluding hydrogens is 418 g/mol. The van der Waals surface area contributed by atoms with E-state index in [1.807, 2.05) is 0 Å². The second kappa shape index (κ2) is 7.81. The van der Waals surface area contributed by atoms with Crippen LogP contribution in [0.4, 0.5) is 13.2 Å². The summed E-state index contributed by atoms with van der Waals surface area (Å²) in [6, 6.07) is 8.33. The monoisotopic (exact) mass is 429 g/mol. The highest BCUT2D eigenvalue weighted by Crippen LogP contribution is 2.30. The number of rotatable bonds is 4. The van der Waals surface area contributed by atoms with E-state index >= 15 is 0 Å². The number of aromatic nitrogens is 2. The molecule has 5 nitrogen and oxygen atoms in total. The van der Waals surface area contributed by atoms with Gasteiger partial charge in [-0.1, -0.05) is 28.4 Å². The normalized spacial score (nSPS) is 11.5. The molecule has 10 heteroatoms. The highest BCUT2D eigenvalue weighted by molar-refractivity contribution is 6.36. The molecule has 3 rings (SSSR count). The maximum Gasteiger partial charge on any atom is 0.433 e. The van der Waals surface area contributed by atoms with Gasteiger partial charge in [-0.2, -0.15) is 13.2 Å². The topological polar surface area (TPSA) is 68.0 Å². The number of carbonyl (C=O) groups excluding carboxylic acids is 1. The molecule has 1 amide bonds. The van der Waals surface area contributed by atoms with Crippen LogP contribution < -0.4 is 5.32 Å². The first kappa shape index (κ1) is 20.2. The van der Waals surface area contributed by atoms with E-state index in [4.69, 9.17) is 27.7 Å². The van der Waals surface area contributed by atoms with Crippen molar-refractivity contribution >= 4 is 29.1 Å². The lowest BCUT2D eigenvalue weighted by molar-refractivity contribution is -0.141. The molecule has 0 aliphatic rings. The fraction of sp³-hybridized carbons (Fsp3) is 0.167. The van der Waals surface area contributed by atoms with E-state index in [0.717, 1.165) is 12.1 Å². The first-order valence-electron chi connectivity index (χ1n) is 7.89. The number of aryl methyl sites for hydroxylation is 1. The van der Waals surface area contributed by atoms with Crippen LogP contribution in [0.5, 0.6) is 0 Å². The Kier molecular flexibility index (Phi) is 5.62. The summed E-state index contributed by atoms with van der Waals surface area (Å²) < 4.78 is 43.2. The molecule has 0 unspecified atom stereocenters. The van der Waals surface area contributed by atoms with Crippen LogP contribution in [-0.2, 0) is 12.7 Å². The molecule has 1 N–H and O–H groups in total. The van der Waals surface area contributed by atoms with E-state index in [-0.39, 0.29) is 17.8 Å². The molecule has 0 atom stereocenters. The molecule has 146 valence electrons. The van der Waals surface area contributed by atoms with E-state index < -0.39 is 17.8 Å². The molecule has 0 spiro atoms. The number of hydrogen-bond acceptors (Lipinski definition) is 4. The van der Waals surface area contributed by atoms with Crippen molar-refractivity contribution in [2.24, 2.45) is 0 Å². The standard InChI is InChI=1S/C18H12Cl2F3N3O2/c1-9-12(4-5-16(25-9)18(21,22)23)17(27)24-8-11-7-15(26-28-11)13-3-2-10(19)6-14(13)20/h2-7H,8H2,1H3,(H,24,27). The number of nitrogens with zero attached hydrogens (tertiary/aromatic N) is 2. The van der Waals surface area contributed by atoms with Crippen LogP contribution >= 0.6 is 23.2 Å². The molecule has 3 aromatic rings. The lowest BCUT2D eigenvalue weighted by atomic mass is 10.1. The zero-order valence-electron chi connectivity index (χ0n) is 14.3. The Bertz CT molecular complexity index is 1040. The summed E-state index contributed by atoms with van der Waals surface area (Å²) in [5.41, 5.74) is 0.0155. The van der Waals surface area contributed by atoms with Gasteiger partial charge in [0.2, 0.25) is 0 Å². The van der Waals surface area contributed by atoms with Crippen LogP contribution in [0.15, 0.2) is 40.9 Å². The lowest BCUT2D eigenvalue weighted by Crippen LogP contribution is -2.24. The first-order chi connectivity index (χ1) is 13.1. The lowest BCUT2D eigenvalue weighted by Gasteiger charge is -2.09. The van der Waals surface area contributed by atoms with Crippen LogP contribution in [-0.4, -0.2) is 16.0 Å². The summed E-state index contributed by atoms with van der Waals surface area (Å²) in [7, 11) is 0. The molecule has 0 saturated heterocycles. The third-order valence-electron chi connectivity index (χ3n) is 3.81. The maximum atomic E-state index is 12.7. The van der Waals surface area contributed by atoms with Crippen molar-refractivity contribution in [1.29, 1.82) is 0 Å². The van der Waals surface area contributed by atoms with Gasteiger partial charge >= 0.3 is 6.18 Å². The van der Waals surface area contributed by atoms with Gasteiger partial charge in [-0.25, -0.2) is 4.98 Å². The van der Waals surface area contributed by atoms with Gasteiger partial charge < -0.3 is 9.84 Å². The minimum Gasteiger partial charge on any atom is -0.359 e. The molecule has 0 radical (unpaired) electrons. The summed E-state index contributed by atoms with van der Waals surface area (Å²) in [4.78, 5) is 15.7. The second-order valence-corrected chi connectivity index (χ2v) is 6.66. The highest BCUT2D eigenvalue weighted by Gasteiger charge is 2.33. The van der Waals surface area contributed by atoms with Gasteiger partial charge in [-0.05, 0) is 37.3 Å². The molecule has 0 aliphatic heterocycles. The summed E-state index contributed by atoms with van der Waals surface area (Å²) in [5.74, 6) is -0.243. The molecule has 28 heavy (non-hydrogen) atoms. The average Bonchev–Trinajstić information content (AvgIpc) is 3.07. The van der Waals surface area contributed by atoms with Crippen molar-refractivity contribution in [2.45, 2.75) is 19.6 Å². The average molecular weight is 430 g/mol. The Morgan fingerprint density at radius 2 is 1.93 bits per heavy atom. The number of nitrogens with one attached hydrogen (secondary N) is 1. The Morgan fingerprint density at radius 1 is 1.18 bits per heavy atom. The van der Waals surface area contributed by atoms with Crippen LogP contribution in [0.3, 0.4) is 0 Å². The number of pyridine rings is 1. The predicted octanol–water partition coefficient (Wildman–Crippen LogP) is 5.30. The number of hydrogen-bond donors (Lipinski definition) is 1. The van der Waals surface area contributed by atoms with Crippen LogP contribution in [0.25, 0.3) is 11.3 Å². The van der Waals surface area contributed by atoms with Gasteiger partial charge in [0.05, 0.1) is 22.8 Å². The first-order valence-corrected chi connectivity index (χ1v) is 8.65. The quantitative estimate of drug-likeness (QED) is 0.610. The Labute approximate surface area is 167 Å². The van der Waals surface area contributed by atoms with Gasteiger partial charge in [0.1, 0.15) is 11.4 Å². The minimum absolute atomic E-state index is 0.0164. The smallest absolute Gasteiger partial charge is 0.359 e. The third-order valence-corrected chi connectivity index (χ3v) is 4.36. The molecule has 0 bridgehead atoms. The molecule has 0 aliphatic carbocycles. The van der Waals surface area contributed by atoms with Crippen molar-refractivity contribution in [3.8, 4) is 11.3 Å². The fourth-order valence-electron chi connectivity index (χ4n) is 2.44. The molecular formula is C18H12Cl2F3N3O2. The third kappa shape index (κ3) is 4.45. The van der Waals surface area contributed by atoms with Crippen LogP contribution in [0.2, 0.25) is 10.0 Å². The van der Waals surface area contributed by atoms with E-state index in [9.17, 15) is 18.0 Å². The van der Waals surface area contributed by atoms with Gasteiger partial charge in [0.15, 0.2) is 5.76 Å². The highest BCUT2D eigenvalue weighted by atomic mass is 35.5. The van der Waals surface area contributed by atoms with Gasteiger partial charge in [0.25, 0.3) is 5.91 Å². The zero-order chi connectivity index (χ0) is 20.5. The van der Waals surface area contributed by atoms with E-state index in [0.29, 0.717) is 27.1 Å². The number of benzene rings is 1. The second-order valence-electron chi connectivity index (χ2n) is 5.81. The molecule has 1 aromatic carbocycles. The van der Waals surface area contributed by atoms with Gasteiger partial charge in [-0.3, -0.25) is 4.79 Å². The van der Waals surface area contributed by atoms with Crippen LogP contribution in [0, 0.1) is 6.92 Å². The minimum atomic E-state index is -4.57. The van der Waals surface area contributed by atoms with E-state index in [1.165, 1.54) is 6.92 Å². The molecule has 2 aromatic heterocycles. The van der Waals surface area contributed by atoms with Crippen molar-refractivity contribution < 1.29 is 22.5 Å². The van der Waals surface area contributed by atoms with Crippen molar-refractivity contribution in [1.82, 2.24) is 15.5 Å². The summed E-state index contributed by atoms with van der Waals surface area (Å²) in [6.45, 7) is 1.32. The van der Waals surface area contributed by atoms with Crippen molar-refractivity contribution in [3.05, 3.63) is 69.2 Å². The number of carbonyl (C=O) groups is 1.